The number of benzene rings is 2. The predicted molar refractivity (Wildman–Crippen MR) is 110 cm³/mol. The molecule has 28 heavy (non-hydrogen) atoms. The Morgan fingerprint density at radius 2 is 1.07 bits per heavy atom. The summed E-state index contributed by atoms with van der Waals surface area (Å²) in [5.74, 6) is 0.782. The number of nitrogens with one attached hydrogen (secondary N) is 2. The molecule has 0 unspecified atom stereocenters. The highest BCUT2D eigenvalue weighted by Gasteiger charge is 2.15. The van der Waals surface area contributed by atoms with E-state index in [-0.39, 0.29) is 11.4 Å². The van der Waals surface area contributed by atoms with Gasteiger partial charge >= 0.3 is 0 Å². The van der Waals surface area contributed by atoms with Gasteiger partial charge in [0.2, 0.25) is 0 Å². The molecule has 6 heteroatoms. The van der Waals surface area contributed by atoms with E-state index < -0.39 is 0 Å². The quantitative estimate of drug-likeness (QED) is 0.677. The lowest BCUT2D eigenvalue weighted by atomic mass is 10.1. The van der Waals surface area contributed by atoms with Gasteiger partial charge in [-0.2, -0.15) is 10.5 Å². The van der Waals surface area contributed by atoms with Crippen molar-refractivity contribution in [3.05, 3.63) is 70.0 Å². The van der Waals surface area contributed by atoms with Gasteiger partial charge in [0, 0.05) is 11.4 Å². The first kappa shape index (κ1) is 18.9. The highest BCUT2D eigenvalue weighted by molar-refractivity contribution is 5.75. The molecular weight excluding hydrogens is 348 g/mol. The lowest BCUT2D eigenvalue weighted by Gasteiger charge is -2.16. The molecule has 0 saturated carbocycles. The number of aryl methyl sites for hydroxylation is 4. The van der Waals surface area contributed by atoms with Gasteiger partial charge in [-0.3, -0.25) is 0 Å². The van der Waals surface area contributed by atoms with E-state index in [1.54, 1.807) is 0 Å². The van der Waals surface area contributed by atoms with Crippen LogP contribution in [0.15, 0.2) is 36.4 Å². The van der Waals surface area contributed by atoms with Crippen LogP contribution in [0.1, 0.15) is 33.6 Å². The van der Waals surface area contributed by atoms with E-state index in [0.717, 1.165) is 33.6 Å². The molecule has 0 aliphatic rings. The molecule has 0 aliphatic heterocycles. The average molecular weight is 368 g/mol. The summed E-state index contributed by atoms with van der Waals surface area (Å²) in [4.78, 5) is 8.69. The summed E-state index contributed by atoms with van der Waals surface area (Å²) < 4.78 is 0. The molecule has 2 aromatic carbocycles. The minimum atomic E-state index is -0.0130. The number of hydrogen-bond donors (Lipinski definition) is 2. The van der Waals surface area contributed by atoms with Gasteiger partial charge in [0.15, 0.2) is 23.0 Å². The van der Waals surface area contributed by atoms with Crippen molar-refractivity contribution in [3.8, 4) is 12.1 Å². The molecule has 6 nitrogen and oxygen atoms in total. The van der Waals surface area contributed by atoms with Crippen molar-refractivity contribution >= 4 is 23.0 Å². The van der Waals surface area contributed by atoms with Gasteiger partial charge in [-0.05, 0) is 51.0 Å². The fraction of sp³-hybridized carbons (Fsp3) is 0.182. The van der Waals surface area contributed by atoms with Crippen molar-refractivity contribution in [2.75, 3.05) is 10.6 Å². The van der Waals surface area contributed by atoms with E-state index in [1.165, 1.54) is 0 Å². The number of nitrogens with zero attached hydrogens (tertiary/aromatic N) is 4. The minimum Gasteiger partial charge on any atom is -0.337 e. The Labute approximate surface area is 164 Å². The molecule has 0 aliphatic carbocycles. The van der Waals surface area contributed by atoms with Crippen LogP contribution >= 0.6 is 0 Å². The molecule has 0 radical (unpaired) electrons. The number of aromatic nitrogens is 2. The van der Waals surface area contributed by atoms with E-state index in [0.29, 0.717) is 11.6 Å². The molecule has 2 N–H and O–H groups in total. The van der Waals surface area contributed by atoms with Crippen LogP contribution < -0.4 is 10.6 Å². The van der Waals surface area contributed by atoms with Crippen LogP contribution in [0.25, 0.3) is 0 Å². The molecule has 138 valence electrons. The summed E-state index contributed by atoms with van der Waals surface area (Å²) >= 11 is 0. The Morgan fingerprint density at radius 1 is 0.679 bits per heavy atom. The SMILES string of the molecule is Cc1ccc(Nc2nc(C#N)c(C#N)nc2Nc2ccc(C)cc2C)c(C)c1. The Morgan fingerprint density at radius 3 is 1.39 bits per heavy atom. The van der Waals surface area contributed by atoms with Gasteiger partial charge in [-0.1, -0.05) is 35.4 Å². The minimum absolute atomic E-state index is 0.0130. The second-order valence-corrected chi connectivity index (χ2v) is 6.73. The van der Waals surface area contributed by atoms with Crippen LogP contribution in [-0.4, -0.2) is 9.97 Å². The Bertz CT molecular complexity index is 1040. The maximum Gasteiger partial charge on any atom is 0.179 e. The molecule has 0 fully saturated rings. The summed E-state index contributed by atoms with van der Waals surface area (Å²) in [7, 11) is 0. The van der Waals surface area contributed by atoms with Crippen molar-refractivity contribution < 1.29 is 0 Å². The normalized spacial score (nSPS) is 10.1. The molecule has 0 saturated heterocycles. The monoisotopic (exact) mass is 368 g/mol. The molecule has 3 rings (SSSR count). The van der Waals surface area contributed by atoms with E-state index in [9.17, 15) is 10.5 Å². The summed E-state index contributed by atoms with van der Waals surface area (Å²) in [6, 6.07) is 15.9. The van der Waals surface area contributed by atoms with Crippen molar-refractivity contribution in [2.45, 2.75) is 27.7 Å². The first-order valence-corrected chi connectivity index (χ1v) is 8.82. The van der Waals surface area contributed by atoms with Crippen LogP contribution in [-0.2, 0) is 0 Å². The lowest BCUT2D eigenvalue weighted by molar-refractivity contribution is 1.13. The fourth-order valence-corrected chi connectivity index (χ4v) is 2.93. The van der Waals surface area contributed by atoms with Gasteiger partial charge in [-0.25, -0.2) is 9.97 Å². The number of rotatable bonds is 4. The van der Waals surface area contributed by atoms with Crippen LogP contribution in [0.3, 0.4) is 0 Å². The molecule has 1 heterocycles. The van der Waals surface area contributed by atoms with E-state index in [1.807, 2.05) is 64.1 Å². The van der Waals surface area contributed by atoms with Crippen molar-refractivity contribution in [3.63, 3.8) is 0 Å². The second kappa shape index (κ2) is 7.77. The third-order valence-electron chi connectivity index (χ3n) is 4.38. The van der Waals surface area contributed by atoms with E-state index in [2.05, 4.69) is 32.7 Å². The molecule has 0 spiro atoms. The average Bonchev–Trinajstić information content (AvgIpc) is 2.66. The third kappa shape index (κ3) is 3.92. The molecule has 0 amide bonds. The van der Waals surface area contributed by atoms with E-state index >= 15 is 0 Å². The maximum absolute atomic E-state index is 9.33. The zero-order chi connectivity index (χ0) is 20.3. The molecule has 0 atom stereocenters. The Balaban J connectivity index is 2.09. The van der Waals surface area contributed by atoms with Crippen molar-refractivity contribution in [1.82, 2.24) is 9.97 Å². The summed E-state index contributed by atoms with van der Waals surface area (Å²) in [6.07, 6.45) is 0. The zero-order valence-corrected chi connectivity index (χ0v) is 16.3. The topological polar surface area (TPSA) is 97.4 Å². The van der Waals surface area contributed by atoms with Gasteiger partial charge in [0.05, 0.1) is 0 Å². The van der Waals surface area contributed by atoms with Crippen LogP contribution in [0.2, 0.25) is 0 Å². The van der Waals surface area contributed by atoms with Gasteiger partial charge in [0.25, 0.3) is 0 Å². The number of hydrogen-bond acceptors (Lipinski definition) is 6. The lowest BCUT2D eigenvalue weighted by Crippen LogP contribution is -2.08. The second-order valence-electron chi connectivity index (χ2n) is 6.73. The first-order chi connectivity index (χ1) is 13.4. The standard InChI is InChI=1S/C22H20N6/c1-13-5-7-17(15(3)9-13)25-21-22(28-20(12-24)19(11-23)27-21)26-18-8-6-14(2)10-16(18)4/h5-10H,1-4H3,(H,25,27)(H,26,28). The molecule has 0 bridgehead atoms. The Hall–Kier alpha value is -3.90. The van der Waals surface area contributed by atoms with Crippen LogP contribution in [0.5, 0.6) is 0 Å². The van der Waals surface area contributed by atoms with Crippen LogP contribution in [0.4, 0.5) is 23.0 Å². The highest BCUT2D eigenvalue weighted by atomic mass is 15.1. The summed E-state index contributed by atoms with van der Waals surface area (Å²) in [5, 5.41) is 25.2. The summed E-state index contributed by atoms with van der Waals surface area (Å²) in [6.45, 7) is 8.04. The van der Waals surface area contributed by atoms with Crippen LogP contribution in [0, 0.1) is 50.4 Å². The van der Waals surface area contributed by atoms with Gasteiger partial charge in [0.1, 0.15) is 12.1 Å². The molecule has 1 aromatic heterocycles. The Kier molecular flexibility index (Phi) is 5.24. The number of nitriles is 2. The smallest absolute Gasteiger partial charge is 0.179 e. The molecule has 3 aromatic rings. The van der Waals surface area contributed by atoms with Crippen molar-refractivity contribution in [2.24, 2.45) is 0 Å². The third-order valence-corrected chi connectivity index (χ3v) is 4.38. The number of anilines is 4. The fourth-order valence-electron chi connectivity index (χ4n) is 2.93. The largest absolute Gasteiger partial charge is 0.337 e. The van der Waals surface area contributed by atoms with Gasteiger partial charge in [-0.15, -0.1) is 0 Å². The van der Waals surface area contributed by atoms with Gasteiger partial charge < -0.3 is 10.6 Å². The maximum atomic E-state index is 9.33. The molecular formula is C22H20N6. The van der Waals surface area contributed by atoms with E-state index in [4.69, 9.17) is 0 Å². The zero-order valence-electron chi connectivity index (χ0n) is 16.3. The van der Waals surface area contributed by atoms with Crippen molar-refractivity contribution in [1.29, 1.82) is 10.5 Å². The highest BCUT2D eigenvalue weighted by Crippen LogP contribution is 2.29. The first-order valence-electron chi connectivity index (χ1n) is 8.82. The summed E-state index contributed by atoms with van der Waals surface area (Å²) in [5.41, 5.74) is 6.08. The predicted octanol–water partition coefficient (Wildman–Crippen LogP) is 4.94.